The van der Waals surface area contributed by atoms with Gasteiger partial charge in [-0.3, -0.25) is 0 Å². The van der Waals surface area contributed by atoms with Crippen LogP contribution in [0.3, 0.4) is 0 Å². The molecule has 0 aromatic carbocycles. The van der Waals surface area contributed by atoms with Crippen molar-refractivity contribution in [3.05, 3.63) is 12.7 Å². The Balaban J connectivity index is 3.01. The lowest BCUT2D eigenvalue weighted by Crippen LogP contribution is -2.05. The third kappa shape index (κ3) is 7.06. The van der Waals surface area contributed by atoms with Crippen LogP contribution in [0, 0.1) is 0 Å². The molecule has 0 aromatic heterocycles. The maximum Gasteiger partial charge on any atom is 0.332 e. The molecule has 0 aromatic rings. The van der Waals surface area contributed by atoms with Crippen molar-refractivity contribution in [1.82, 2.24) is 0 Å². The van der Waals surface area contributed by atoms with E-state index in [4.69, 9.17) is 4.74 Å². The molecule has 0 amide bonds. The first-order valence-corrected chi connectivity index (χ1v) is 3.68. The fraction of sp³-hybridized carbons (Fsp3) is 0.625. The van der Waals surface area contributed by atoms with Gasteiger partial charge in [0.25, 0.3) is 0 Å². The molecule has 0 rings (SSSR count). The largest absolute Gasteiger partial charge is 0.435 e. The van der Waals surface area contributed by atoms with Crippen LogP contribution in [-0.2, 0) is 14.3 Å². The van der Waals surface area contributed by atoms with Crippen LogP contribution in [0.4, 0.5) is 0 Å². The molecule has 0 spiro atoms. The monoisotopic (exact) mass is 158 g/mol. The first-order valence-electron chi connectivity index (χ1n) is 3.68. The molecule has 0 aliphatic carbocycles. The average Bonchev–Trinajstić information content (AvgIpc) is 2.04. The predicted octanol–water partition coefficient (Wildman–Crippen LogP) is 1.49. The summed E-state index contributed by atoms with van der Waals surface area (Å²) in [6.07, 6.45) is 3.18. The highest BCUT2D eigenvalue weighted by Crippen LogP contribution is 1.88. The van der Waals surface area contributed by atoms with Crippen molar-refractivity contribution in [3.63, 3.8) is 0 Å². The van der Waals surface area contributed by atoms with Crippen molar-refractivity contribution in [1.29, 1.82) is 0 Å². The smallest absolute Gasteiger partial charge is 0.332 e. The molecule has 0 unspecified atom stereocenters. The van der Waals surface area contributed by atoms with Gasteiger partial charge in [-0.1, -0.05) is 19.9 Å². The Bertz CT molecular complexity index is 121. The van der Waals surface area contributed by atoms with E-state index in [1.807, 2.05) is 0 Å². The van der Waals surface area contributed by atoms with Crippen molar-refractivity contribution in [2.75, 3.05) is 13.4 Å². The quantitative estimate of drug-likeness (QED) is 0.254. The fourth-order valence-electron chi connectivity index (χ4n) is 0.464. The zero-order chi connectivity index (χ0) is 8.53. The third-order valence-corrected chi connectivity index (χ3v) is 1.09. The molecule has 0 aliphatic heterocycles. The molecule has 0 saturated carbocycles. The Morgan fingerprint density at radius 3 is 2.91 bits per heavy atom. The lowest BCUT2D eigenvalue weighted by molar-refractivity contribution is -0.150. The van der Waals surface area contributed by atoms with Gasteiger partial charge in [0.05, 0.1) is 6.61 Å². The van der Waals surface area contributed by atoms with E-state index >= 15 is 0 Å². The van der Waals surface area contributed by atoms with Gasteiger partial charge in [-0.2, -0.15) is 0 Å². The Morgan fingerprint density at radius 2 is 2.36 bits per heavy atom. The highest BCUT2D eigenvalue weighted by molar-refractivity contribution is 5.81. The van der Waals surface area contributed by atoms with Crippen molar-refractivity contribution < 1.29 is 14.3 Å². The van der Waals surface area contributed by atoms with E-state index in [0.717, 1.165) is 18.9 Å². The Labute approximate surface area is 67.0 Å². The van der Waals surface area contributed by atoms with Crippen LogP contribution in [0.1, 0.15) is 19.8 Å². The summed E-state index contributed by atoms with van der Waals surface area (Å²) in [6.45, 7) is 5.99. The maximum absolute atomic E-state index is 10.4. The van der Waals surface area contributed by atoms with Crippen LogP contribution in [0.15, 0.2) is 12.7 Å². The molecule has 0 bridgehead atoms. The summed E-state index contributed by atoms with van der Waals surface area (Å²) >= 11 is 0. The summed E-state index contributed by atoms with van der Waals surface area (Å²) in [5, 5.41) is 0. The maximum atomic E-state index is 10.4. The summed E-state index contributed by atoms with van der Waals surface area (Å²) in [7, 11) is 0. The highest BCUT2D eigenvalue weighted by Gasteiger charge is 1.92. The van der Waals surface area contributed by atoms with Crippen LogP contribution in [-0.4, -0.2) is 19.4 Å². The first-order chi connectivity index (χ1) is 5.31. The van der Waals surface area contributed by atoms with E-state index in [2.05, 4.69) is 18.2 Å². The number of carbonyl (C=O) groups is 1. The second kappa shape index (κ2) is 7.28. The lowest BCUT2D eigenvalue weighted by atomic mass is 10.4. The van der Waals surface area contributed by atoms with E-state index in [-0.39, 0.29) is 6.79 Å². The van der Waals surface area contributed by atoms with Gasteiger partial charge in [0.15, 0.2) is 6.79 Å². The third-order valence-electron chi connectivity index (χ3n) is 1.09. The summed E-state index contributed by atoms with van der Waals surface area (Å²) < 4.78 is 9.51. The van der Waals surface area contributed by atoms with Crippen LogP contribution >= 0.6 is 0 Å². The van der Waals surface area contributed by atoms with Gasteiger partial charge < -0.3 is 9.47 Å². The van der Waals surface area contributed by atoms with Gasteiger partial charge in [0.2, 0.25) is 0 Å². The van der Waals surface area contributed by atoms with E-state index in [1.165, 1.54) is 0 Å². The number of esters is 1. The Kier molecular flexibility index (Phi) is 6.73. The van der Waals surface area contributed by atoms with Crippen LogP contribution < -0.4 is 0 Å². The minimum absolute atomic E-state index is 0.0326. The fourth-order valence-corrected chi connectivity index (χ4v) is 0.464. The molecular formula is C8H14O3. The topological polar surface area (TPSA) is 35.5 Å². The summed E-state index contributed by atoms with van der Waals surface area (Å²) in [5.74, 6) is -0.443. The number of hydrogen-bond acceptors (Lipinski definition) is 3. The molecule has 11 heavy (non-hydrogen) atoms. The van der Waals surface area contributed by atoms with Gasteiger partial charge in [0.1, 0.15) is 0 Å². The molecule has 64 valence electrons. The molecule has 0 heterocycles. The summed E-state index contributed by atoms with van der Waals surface area (Å²) in [5.41, 5.74) is 0. The first kappa shape index (κ1) is 10.2. The van der Waals surface area contributed by atoms with Gasteiger partial charge in [0, 0.05) is 6.08 Å². The average molecular weight is 158 g/mol. The van der Waals surface area contributed by atoms with Crippen LogP contribution in [0.5, 0.6) is 0 Å². The van der Waals surface area contributed by atoms with Crippen LogP contribution in [0.2, 0.25) is 0 Å². The molecule has 3 nitrogen and oxygen atoms in total. The molecule has 0 atom stereocenters. The summed E-state index contributed by atoms with van der Waals surface area (Å²) in [6, 6.07) is 0. The number of hydrogen-bond donors (Lipinski definition) is 0. The molecular weight excluding hydrogens is 144 g/mol. The van der Waals surface area contributed by atoms with Gasteiger partial charge in [-0.05, 0) is 6.42 Å². The number of carbonyl (C=O) groups excluding carboxylic acids is 1. The molecule has 0 fully saturated rings. The molecule has 0 saturated heterocycles. The molecule has 3 heteroatoms. The lowest BCUT2D eigenvalue weighted by Gasteiger charge is -2.01. The Morgan fingerprint density at radius 1 is 1.64 bits per heavy atom. The number of ether oxygens (including phenoxy) is 2. The Hall–Kier alpha value is -0.830. The second-order valence-corrected chi connectivity index (χ2v) is 2.05. The SMILES string of the molecule is C=CC(=O)OCOCCCC. The number of unbranched alkanes of at least 4 members (excludes halogenated alkanes) is 1. The number of rotatable bonds is 6. The molecule has 0 radical (unpaired) electrons. The minimum Gasteiger partial charge on any atom is -0.435 e. The standard InChI is InChI=1S/C8H14O3/c1-3-5-6-10-7-11-8(9)4-2/h4H,2-3,5-7H2,1H3. The van der Waals surface area contributed by atoms with Gasteiger partial charge >= 0.3 is 5.97 Å². The van der Waals surface area contributed by atoms with Crippen LogP contribution in [0.25, 0.3) is 0 Å². The highest BCUT2D eigenvalue weighted by atomic mass is 16.7. The van der Waals surface area contributed by atoms with E-state index in [0.29, 0.717) is 6.61 Å². The zero-order valence-corrected chi connectivity index (χ0v) is 6.84. The van der Waals surface area contributed by atoms with E-state index < -0.39 is 5.97 Å². The minimum atomic E-state index is -0.443. The van der Waals surface area contributed by atoms with E-state index in [1.54, 1.807) is 0 Å². The normalized spacial score (nSPS) is 9.18. The van der Waals surface area contributed by atoms with Crippen molar-refractivity contribution in [2.45, 2.75) is 19.8 Å². The zero-order valence-electron chi connectivity index (χ0n) is 6.84. The predicted molar refractivity (Wildman–Crippen MR) is 42.0 cm³/mol. The van der Waals surface area contributed by atoms with Crippen molar-refractivity contribution in [2.24, 2.45) is 0 Å². The molecule has 0 aliphatic rings. The molecule has 0 N–H and O–H groups in total. The van der Waals surface area contributed by atoms with Crippen molar-refractivity contribution >= 4 is 5.97 Å². The van der Waals surface area contributed by atoms with Crippen molar-refractivity contribution in [3.8, 4) is 0 Å². The van der Waals surface area contributed by atoms with Gasteiger partial charge in [-0.25, -0.2) is 4.79 Å². The summed E-state index contributed by atoms with van der Waals surface area (Å²) in [4.78, 5) is 10.4. The van der Waals surface area contributed by atoms with Gasteiger partial charge in [-0.15, -0.1) is 0 Å². The second-order valence-electron chi connectivity index (χ2n) is 2.05. The van der Waals surface area contributed by atoms with E-state index in [9.17, 15) is 4.79 Å².